The first-order valence-electron chi connectivity index (χ1n) is 6.10. The summed E-state index contributed by atoms with van der Waals surface area (Å²) < 4.78 is 23.7. The molecule has 2 N–H and O–H groups in total. The van der Waals surface area contributed by atoms with Crippen LogP contribution < -0.4 is 15.2 Å². The maximum Gasteiger partial charge on any atom is 0.165 e. The van der Waals surface area contributed by atoms with Crippen LogP contribution in [0.15, 0.2) is 30.3 Å². The highest BCUT2D eigenvalue weighted by atomic mass is 35.5. The maximum absolute atomic E-state index is 13.8. The zero-order chi connectivity index (χ0) is 15.6. The first kappa shape index (κ1) is 15.9. The van der Waals surface area contributed by atoms with Gasteiger partial charge in [-0.25, -0.2) is 4.39 Å². The molecule has 0 radical (unpaired) electrons. The molecule has 0 aliphatic rings. The normalized spacial score (nSPS) is 12.1. The van der Waals surface area contributed by atoms with Gasteiger partial charge in [0.2, 0.25) is 0 Å². The van der Waals surface area contributed by atoms with Gasteiger partial charge in [-0.15, -0.1) is 0 Å². The van der Waals surface area contributed by atoms with E-state index in [0.29, 0.717) is 26.9 Å². The lowest BCUT2D eigenvalue weighted by Crippen LogP contribution is -2.13. The van der Waals surface area contributed by atoms with Gasteiger partial charge < -0.3 is 15.2 Å². The summed E-state index contributed by atoms with van der Waals surface area (Å²) in [5.74, 6) is 0.129. The Bertz CT molecular complexity index is 664. The van der Waals surface area contributed by atoms with Crippen LogP contribution in [0.25, 0.3) is 0 Å². The summed E-state index contributed by atoms with van der Waals surface area (Å²) in [5.41, 5.74) is 7.30. The van der Waals surface area contributed by atoms with Crippen molar-refractivity contribution in [3.63, 3.8) is 0 Å². The molecular weight excluding hydrogens is 316 g/mol. The molecule has 6 heteroatoms. The van der Waals surface area contributed by atoms with Crippen LogP contribution in [0.3, 0.4) is 0 Å². The third kappa shape index (κ3) is 3.23. The van der Waals surface area contributed by atoms with Gasteiger partial charge in [0.05, 0.1) is 25.3 Å². The van der Waals surface area contributed by atoms with Crippen molar-refractivity contribution in [2.75, 3.05) is 14.2 Å². The monoisotopic (exact) mass is 329 g/mol. The molecule has 0 saturated carbocycles. The average molecular weight is 330 g/mol. The summed E-state index contributed by atoms with van der Waals surface area (Å²) >= 11 is 12.3. The van der Waals surface area contributed by atoms with E-state index >= 15 is 0 Å². The zero-order valence-corrected chi connectivity index (χ0v) is 13.0. The van der Waals surface area contributed by atoms with Gasteiger partial charge in [0.1, 0.15) is 5.75 Å². The van der Waals surface area contributed by atoms with E-state index < -0.39 is 11.9 Å². The number of ether oxygens (including phenoxy) is 2. The molecular formula is C15H14Cl2FNO2. The molecule has 112 valence electrons. The average Bonchev–Trinajstić information content (AvgIpc) is 2.48. The Hall–Kier alpha value is -1.49. The van der Waals surface area contributed by atoms with Crippen molar-refractivity contribution in [1.29, 1.82) is 0 Å². The number of methoxy groups -OCH3 is 2. The van der Waals surface area contributed by atoms with Crippen LogP contribution in [0.1, 0.15) is 17.2 Å². The fraction of sp³-hybridized carbons (Fsp3) is 0.200. The molecule has 0 heterocycles. The molecule has 3 nitrogen and oxygen atoms in total. The van der Waals surface area contributed by atoms with Gasteiger partial charge in [-0.05, 0) is 29.3 Å². The minimum absolute atomic E-state index is 0.157. The van der Waals surface area contributed by atoms with Gasteiger partial charge in [0.15, 0.2) is 11.6 Å². The van der Waals surface area contributed by atoms with Crippen molar-refractivity contribution in [3.05, 3.63) is 57.3 Å². The van der Waals surface area contributed by atoms with Gasteiger partial charge >= 0.3 is 0 Å². The van der Waals surface area contributed by atoms with Crippen LogP contribution in [0, 0.1) is 5.82 Å². The highest BCUT2D eigenvalue weighted by molar-refractivity contribution is 6.34. The summed E-state index contributed by atoms with van der Waals surface area (Å²) in [6.45, 7) is 0. The van der Waals surface area contributed by atoms with E-state index in [1.807, 2.05) is 0 Å². The van der Waals surface area contributed by atoms with Crippen LogP contribution >= 0.6 is 23.2 Å². The fourth-order valence-electron chi connectivity index (χ4n) is 1.99. The third-order valence-electron chi connectivity index (χ3n) is 3.14. The lowest BCUT2D eigenvalue weighted by atomic mass is 9.99. The summed E-state index contributed by atoms with van der Waals surface area (Å²) in [6, 6.07) is 7.11. The van der Waals surface area contributed by atoms with Gasteiger partial charge in [0, 0.05) is 11.1 Å². The SMILES string of the molecule is COc1ccc(C(N)c2cc(Cl)c(OC)cc2Cl)cc1F. The van der Waals surface area contributed by atoms with E-state index in [9.17, 15) is 4.39 Å². The van der Waals surface area contributed by atoms with Crippen molar-refractivity contribution in [2.45, 2.75) is 6.04 Å². The lowest BCUT2D eigenvalue weighted by molar-refractivity contribution is 0.386. The van der Waals surface area contributed by atoms with Gasteiger partial charge in [-0.3, -0.25) is 0 Å². The number of benzene rings is 2. The Morgan fingerprint density at radius 1 is 1.00 bits per heavy atom. The van der Waals surface area contributed by atoms with Crippen molar-refractivity contribution >= 4 is 23.2 Å². The van der Waals surface area contributed by atoms with Crippen molar-refractivity contribution in [3.8, 4) is 11.5 Å². The van der Waals surface area contributed by atoms with E-state index in [-0.39, 0.29) is 5.75 Å². The molecule has 2 aromatic rings. The molecule has 1 atom stereocenters. The standard InChI is InChI=1S/C15H14Cl2FNO2/c1-20-13-4-3-8(5-12(13)18)15(19)9-6-11(17)14(21-2)7-10(9)16/h3-7,15H,19H2,1-2H3. The molecule has 0 aliphatic heterocycles. The van der Waals surface area contributed by atoms with Gasteiger partial charge in [-0.1, -0.05) is 29.3 Å². The fourth-order valence-corrected chi connectivity index (χ4v) is 2.51. The van der Waals surface area contributed by atoms with Gasteiger partial charge in [-0.2, -0.15) is 0 Å². The van der Waals surface area contributed by atoms with Crippen LogP contribution in [0.2, 0.25) is 10.0 Å². The molecule has 0 spiro atoms. The van der Waals surface area contributed by atoms with Crippen LogP contribution in [0.4, 0.5) is 4.39 Å². The first-order valence-corrected chi connectivity index (χ1v) is 6.85. The van der Waals surface area contributed by atoms with E-state index in [1.165, 1.54) is 26.4 Å². The minimum Gasteiger partial charge on any atom is -0.495 e. The second-order valence-electron chi connectivity index (χ2n) is 4.38. The van der Waals surface area contributed by atoms with Crippen molar-refractivity contribution in [2.24, 2.45) is 5.73 Å². The predicted octanol–water partition coefficient (Wildman–Crippen LogP) is 4.20. The largest absolute Gasteiger partial charge is 0.495 e. The molecule has 0 aliphatic carbocycles. The lowest BCUT2D eigenvalue weighted by Gasteiger charge is -2.16. The number of hydrogen-bond donors (Lipinski definition) is 1. The molecule has 21 heavy (non-hydrogen) atoms. The molecule has 0 aromatic heterocycles. The van der Waals surface area contributed by atoms with Gasteiger partial charge in [0.25, 0.3) is 0 Å². The van der Waals surface area contributed by atoms with Crippen molar-refractivity contribution in [1.82, 2.24) is 0 Å². The molecule has 1 unspecified atom stereocenters. The summed E-state index contributed by atoms with van der Waals surface area (Å²) in [4.78, 5) is 0. The number of halogens is 3. The van der Waals surface area contributed by atoms with Crippen molar-refractivity contribution < 1.29 is 13.9 Å². The Kier molecular flexibility index (Phi) is 4.93. The van der Waals surface area contributed by atoms with E-state index in [4.69, 9.17) is 38.4 Å². The second-order valence-corrected chi connectivity index (χ2v) is 5.19. The molecule has 0 bridgehead atoms. The number of nitrogens with two attached hydrogens (primary N) is 1. The van der Waals surface area contributed by atoms with E-state index in [1.54, 1.807) is 18.2 Å². The summed E-state index contributed by atoms with van der Waals surface area (Å²) in [6.07, 6.45) is 0. The highest BCUT2D eigenvalue weighted by Crippen LogP contribution is 2.35. The molecule has 0 fully saturated rings. The smallest absolute Gasteiger partial charge is 0.165 e. The number of rotatable bonds is 4. The highest BCUT2D eigenvalue weighted by Gasteiger charge is 2.17. The minimum atomic E-state index is -0.610. The van der Waals surface area contributed by atoms with Crippen LogP contribution in [-0.4, -0.2) is 14.2 Å². The zero-order valence-electron chi connectivity index (χ0n) is 11.5. The Labute approximate surface area is 132 Å². The molecule has 0 amide bonds. The predicted molar refractivity (Wildman–Crippen MR) is 82.0 cm³/mol. The summed E-state index contributed by atoms with van der Waals surface area (Å²) in [5, 5.41) is 0.793. The van der Waals surface area contributed by atoms with Crippen LogP contribution in [0.5, 0.6) is 11.5 Å². The number of hydrogen-bond acceptors (Lipinski definition) is 3. The Balaban J connectivity index is 2.42. The summed E-state index contributed by atoms with van der Waals surface area (Å²) in [7, 11) is 2.90. The molecule has 2 aromatic carbocycles. The third-order valence-corrected chi connectivity index (χ3v) is 3.76. The molecule has 2 rings (SSSR count). The Morgan fingerprint density at radius 3 is 2.24 bits per heavy atom. The van der Waals surface area contributed by atoms with E-state index in [0.717, 1.165) is 0 Å². The van der Waals surface area contributed by atoms with Crippen LogP contribution in [-0.2, 0) is 0 Å². The maximum atomic E-state index is 13.8. The first-order chi connectivity index (χ1) is 9.97. The topological polar surface area (TPSA) is 44.5 Å². The second kappa shape index (κ2) is 6.52. The molecule has 0 saturated heterocycles. The van der Waals surface area contributed by atoms with E-state index in [2.05, 4.69) is 0 Å². The Morgan fingerprint density at radius 2 is 1.67 bits per heavy atom. The quantitative estimate of drug-likeness (QED) is 0.914.